The number of methoxy groups -OCH3 is 1. The number of nitrogens with one attached hydrogen (secondary N) is 2. The molecular weight excluding hydrogens is 318 g/mol. The molecule has 2 N–H and O–H groups in total. The molecule has 124 valence electrons. The Morgan fingerprint density at radius 1 is 1.41 bits per heavy atom. The summed E-state index contributed by atoms with van der Waals surface area (Å²) in [5.41, 5.74) is 0.976. The Labute approximate surface area is 143 Å². The van der Waals surface area contributed by atoms with Crippen molar-refractivity contribution in [3.63, 3.8) is 0 Å². The standard InChI is InChI=1S/C16H26ClN3OS/c1-16(2,21-4)11-20-15(18-3)19-10-14(22-5)12-7-6-8-13(17)9-12/h6-9,14H,10-11H2,1-5H3,(H2,18,19,20). The Morgan fingerprint density at radius 3 is 2.68 bits per heavy atom. The van der Waals surface area contributed by atoms with E-state index in [4.69, 9.17) is 16.3 Å². The molecule has 0 heterocycles. The van der Waals surface area contributed by atoms with Crippen LogP contribution in [0.1, 0.15) is 24.7 Å². The summed E-state index contributed by atoms with van der Waals surface area (Å²) >= 11 is 7.86. The van der Waals surface area contributed by atoms with Crippen molar-refractivity contribution in [2.45, 2.75) is 24.7 Å². The third-order valence-corrected chi connectivity index (χ3v) is 4.66. The molecule has 0 fully saturated rings. The number of benzene rings is 1. The van der Waals surface area contributed by atoms with E-state index < -0.39 is 0 Å². The first kappa shape index (κ1) is 19.1. The third kappa shape index (κ3) is 6.46. The van der Waals surface area contributed by atoms with E-state index in [9.17, 15) is 0 Å². The Morgan fingerprint density at radius 2 is 2.14 bits per heavy atom. The van der Waals surface area contributed by atoms with Gasteiger partial charge in [-0.15, -0.1) is 0 Å². The molecule has 1 atom stereocenters. The molecule has 0 saturated heterocycles. The summed E-state index contributed by atoms with van der Waals surface area (Å²) < 4.78 is 5.40. The normalized spacial score (nSPS) is 13.8. The van der Waals surface area contributed by atoms with Gasteiger partial charge in [0.15, 0.2) is 5.96 Å². The molecule has 0 aromatic heterocycles. The molecule has 1 rings (SSSR count). The van der Waals surface area contributed by atoms with Crippen LogP contribution in [0.3, 0.4) is 0 Å². The van der Waals surface area contributed by atoms with Crippen LogP contribution in [0, 0.1) is 0 Å². The van der Waals surface area contributed by atoms with E-state index in [1.807, 2.05) is 32.0 Å². The zero-order chi connectivity index (χ0) is 16.6. The molecule has 6 heteroatoms. The molecular formula is C16H26ClN3OS. The summed E-state index contributed by atoms with van der Waals surface area (Å²) in [6, 6.07) is 7.98. The van der Waals surface area contributed by atoms with E-state index in [2.05, 4.69) is 27.9 Å². The third-order valence-electron chi connectivity index (χ3n) is 3.42. The lowest BCUT2D eigenvalue weighted by molar-refractivity contribution is 0.0268. The number of rotatable bonds is 7. The Kier molecular flexibility index (Phi) is 8.07. The van der Waals surface area contributed by atoms with Gasteiger partial charge in [-0.3, -0.25) is 4.99 Å². The maximum atomic E-state index is 6.07. The van der Waals surface area contributed by atoms with Gasteiger partial charge in [-0.25, -0.2) is 0 Å². The molecule has 0 aliphatic heterocycles. The average Bonchev–Trinajstić information content (AvgIpc) is 2.51. The van der Waals surface area contributed by atoms with Gasteiger partial charge >= 0.3 is 0 Å². The highest BCUT2D eigenvalue weighted by Crippen LogP contribution is 2.27. The van der Waals surface area contributed by atoms with Crippen LogP contribution in [-0.2, 0) is 4.74 Å². The van der Waals surface area contributed by atoms with Gasteiger partial charge in [-0.2, -0.15) is 11.8 Å². The van der Waals surface area contributed by atoms with E-state index in [-0.39, 0.29) is 5.60 Å². The molecule has 0 spiro atoms. The molecule has 1 aromatic carbocycles. The van der Waals surface area contributed by atoms with Crippen LogP contribution >= 0.6 is 23.4 Å². The molecule has 0 saturated carbocycles. The predicted molar refractivity (Wildman–Crippen MR) is 98.2 cm³/mol. The van der Waals surface area contributed by atoms with Crippen molar-refractivity contribution in [1.29, 1.82) is 0 Å². The number of halogens is 1. The fourth-order valence-electron chi connectivity index (χ4n) is 1.82. The average molecular weight is 344 g/mol. The first-order valence-corrected chi connectivity index (χ1v) is 8.86. The van der Waals surface area contributed by atoms with Crippen LogP contribution in [-0.4, -0.2) is 45.1 Å². The van der Waals surface area contributed by atoms with Crippen molar-refractivity contribution in [3.8, 4) is 0 Å². The highest BCUT2D eigenvalue weighted by molar-refractivity contribution is 7.98. The maximum Gasteiger partial charge on any atom is 0.191 e. The second kappa shape index (κ2) is 9.28. The van der Waals surface area contributed by atoms with Crippen molar-refractivity contribution in [2.24, 2.45) is 4.99 Å². The van der Waals surface area contributed by atoms with Crippen molar-refractivity contribution >= 4 is 29.3 Å². The quantitative estimate of drug-likeness (QED) is 0.589. The molecule has 0 amide bonds. The molecule has 1 unspecified atom stereocenters. The second-order valence-electron chi connectivity index (χ2n) is 5.55. The minimum absolute atomic E-state index is 0.233. The van der Waals surface area contributed by atoms with Gasteiger partial charge < -0.3 is 15.4 Å². The number of hydrogen-bond donors (Lipinski definition) is 2. The lowest BCUT2D eigenvalue weighted by Gasteiger charge is -2.25. The van der Waals surface area contributed by atoms with Gasteiger partial charge in [0.05, 0.1) is 5.60 Å². The zero-order valence-corrected chi connectivity index (χ0v) is 15.5. The van der Waals surface area contributed by atoms with Crippen LogP contribution in [0.4, 0.5) is 0 Å². The van der Waals surface area contributed by atoms with Crippen molar-refractivity contribution in [2.75, 3.05) is 33.5 Å². The lowest BCUT2D eigenvalue weighted by Crippen LogP contribution is -2.46. The van der Waals surface area contributed by atoms with Crippen molar-refractivity contribution in [1.82, 2.24) is 10.6 Å². The van der Waals surface area contributed by atoms with Crippen LogP contribution in [0.2, 0.25) is 5.02 Å². The Bertz CT molecular complexity index is 494. The van der Waals surface area contributed by atoms with E-state index in [0.717, 1.165) is 17.5 Å². The summed E-state index contributed by atoms with van der Waals surface area (Å²) in [5.74, 6) is 0.770. The number of ether oxygens (including phenoxy) is 1. The summed E-state index contributed by atoms with van der Waals surface area (Å²) in [4.78, 5) is 4.25. The SMILES string of the molecule is CN=C(NCC(SC)c1cccc(Cl)c1)NCC(C)(C)OC. The largest absolute Gasteiger partial charge is 0.377 e. The van der Waals surface area contributed by atoms with Crippen LogP contribution in [0.5, 0.6) is 0 Å². The summed E-state index contributed by atoms with van der Waals surface area (Å²) in [7, 11) is 3.48. The number of aliphatic imine (C=N–C) groups is 1. The molecule has 0 radical (unpaired) electrons. The smallest absolute Gasteiger partial charge is 0.191 e. The van der Waals surface area contributed by atoms with Gasteiger partial charge in [0.25, 0.3) is 0 Å². The molecule has 0 aliphatic carbocycles. The summed E-state index contributed by atoms with van der Waals surface area (Å²) in [6.07, 6.45) is 2.09. The van der Waals surface area contributed by atoms with Gasteiger partial charge in [0.1, 0.15) is 0 Å². The monoisotopic (exact) mass is 343 g/mol. The Hall–Kier alpha value is -0.910. The van der Waals surface area contributed by atoms with E-state index in [1.54, 1.807) is 25.9 Å². The molecule has 4 nitrogen and oxygen atoms in total. The number of thioether (sulfide) groups is 1. The fourth-order valence-corrected chi connectivity index (χ4v) is 2.69. The topological polar surface area (TPSA) is 45.7 Å². The Balaban J connectivity index is 2.57. The van der Waals surface area contributed by atoms with E-state index in [0.29, 0.717) is 11.8 Å². The first-order valence-electron chi connectivity index (χ1n) is 7.20. The summed E-state index contributed by atoms with van der Waals surface area (Å²) in [6.45, 7) is 5.52. The minimum Gasteiger partial charge on any atom is -0.377 e. The first-order chi connectivity index (χ1) is 10.4. The van der Waals surface area contributed by atoms with Gasteiger partial charge in [0, 0.05) is 37.5 Å². The fraction of sp³-hybridized carbons (Fsp3) is 0.562. The molecule has 0 bridgehead atoms. The van der Waals surface area contributed by atoms with Gasteiger partial charge in [-0.1, -0.05) is 23.7 Å². The van der Waals surface area contributed by atoms with Crippen molar-refractivity contribution < 1.29 is 4.74 Å². The van der Waals surface area contributed by atoms with Crippen LogP contribution < -0.4 is 10.6 Å². The second-order valence-corrected chi connectivity index (χ2v) is 7.03. The van der Waals surface area contributed by atoms with Crippen molar-refractivity contribution in [3.05, 3.63) is 34.9 Å². The number of guanidine groups is 1. The highest BCUT2D eigenvalue weighted by atomic mass is 35.5. The lowest BCUT2D eigenvalue weighted by atomic mass is 10.1. The predicted octanol–water partition coefficient (Wildman–Crippen LogP) is 3.33. The molecule has 1 aromatic rings. The zero-order valence-electron chi connectivity index (χ0n) is 13.9. The number of nitrogens with zero attached hydrogens (tertiary/aromatic N) is 1. The molecule has 22 heavy (non-hydrogen) atoms. The van der Waals surface area contributed by atoms with Gasteiger partial charge in [-0.05, 0) is 37.8 Å². The number of hydrogen-bond acceptors (Lipinski definition) is 3. The van der Waals surface area contributed by atoms with E-state index >= 15 is 0 Å². The van der Waals surface area contributed by atoms with Crippen LogP contribution in [0.15, 0.2) is 29.3 Å². The highest BCUT2D eigenvalue weighted by Gasteiger charge is 2.17. The van der Waals surface area contributed by atoms with Crippen LogP contribution in [0.25, 0.3) is 0 Å². The minimum atomic E-state index is -0.233. The van der Waals surface area contributed by atoms with Gasteiger partial charge in [0.2, 0.25) is 0 Å². The maximum absolute atomic E-state index is 6.07. The van der Waals surface area contributed by atoms with E-state index in [1.165, 1.54) is 5.56 Å². The summed E-state index contributed by atoms with van der Waals surface area (Å²) in [5, 5.41) is 7.71. The molecule has 0 aliphatic rings.